The van der Waals surface area contributed by atoms with Gasteiger partial charge >= 0.3 is 0 Å². The van der Waals surface area contributed by atoms with Gasteiger partial charge in [0.15, 0.2) is 11.4 Å². The van der Waals surface area contributed by atoms with Crippen molar-refractivity contribution in [1.29, 1.82) is 0 Å². The van der Waals surface area contributed by atoms with E-state index in [0.29, 0.717) is 23.2 Å². The average Bonchev–Trinajstić information content (AvgIpc) is 3.41. The topological polar surface area (TPSA) is 71.3 Å². The quantitative estimate of drug-likeness (QED) is 0.338. The Morgan fingerprint density at radius 2 is 2.00 bits per heavy atom. The Morgan fingerprint density at radius 3 is 2.84 bits per heavy atom. The van der Waals surface area contributed by atoms with Crippen molar-refractivity contribution in [3.63, 3.8) is 0 Å². The molecule has 5 rings (SSSR count). The van der Waals surface area contributed by atoms with Crippen molar-refractivity contribution >= 4 is 68.3 Å². The minimum Gasteiger partial charge on any atom is -0.354 e. The van der Waals surface area contributed by atoms with Crippen LogP contribution in [0.25, 0.3) is 21.1 Å². The smallest absolute Gasteiger partial charge is 0.271 e. The molecule has 0 saturated carbocycles. The molecule has 1 fully saturated rings. The lowest BCUT2D eigenvalue weighted by Crippen LogP contribution is -2.34. The molecule has 0 aliphatic carbocycles. The normalized spacial score (nSPS) is 14.6. The maximum atomic E-state index is 12.5. The molecule has 0 atom stereocenters. The van der Waals surface area contributed by atoms with Crippen LogP contribution in [0.1, 0.15) is 36.2 Å². The first kappa shape index (κ1) is 22.8. The number of benzene rings is 2. The number of anilines is 1. The van der Waals surface area contributed by atoms with E-state index in [1.807, 2.05) is 42.5 Å². The highest BCUT2D eigenvalue weighted by Crippen LogP contribution is 2.32. The van der Waals surface area contributed by atoms with E-state index in [0.717, 1.165) is 65.6 Å². The lowest BCUT2D eigenvalue weighted by Gasteiger charge is -2.32. The maximum absolute atomic E-state index is 12.5. The zero-order valence-corrected chi connectivity index (χ0v) is 19.8. The highest BCUT2D eigenvalue weighted by molar-refractivity contribution is 7.13. The Balaban J connectivity index is 0.00000245. The van der Waals surface area contributed by atoms with Gasteiger partial charge < -0.3 is 14.7 Å². The van der Waals surface area contributed by atoms with Gasteiger partial charge in [-0.3, -0.25) is 4.79 Å². The Hall–Kier alpha value is -2.35. The summed E-state index contributed by atoms with van der Waals surface area (Å²) >= 11 is 7.41. The molecule has 4 aromatic rings. The summed E-state index contributed by atoms with van der Waals surface area (Å²) in [5.74, 6) is 1.50. The molecule has 2 aromatic carbocycles. The SMILES string of the molecule is Cl.O=C(NCCCC1CCN(c2noc3cc(Cl)ccc23)CC1)c1nsc2ccccc12. The number of amides is 1. The molecule has 0 unspecified atom stereocenters. The number of rotatable bonds is 6. The summed E-state index contributed by atoms with van der Waals surface area (Å²) in [5, 5.41) is 9.90. The summed E-state index contributed by atoms with van der Waals surface area (Å²) in [6.45, 7) is 2.61. The van der Waals surface area contributed by atoms with Gasteiger partial charge in [-0.25, -0.2) is 0 Å². The van der Waals surface area contributed by atoms with Crippen LogP contribution in [0.3, 0.4) is 0 Å². The standard InChI is InChI=1S/C23H23ClN4O2S.ClH/c24-16-7-8-17-19(14-16)30-26-22(17)28-12-9-15(10-13-28)4-3-11-25-23(29)21-18-5-1-2-6-20(18)31-27-21;/h1-2,5-8,14-15H,3-4,9-13H2,(H,25,29);1H. The molecule has 6 nitrogen and oxygen atoms in total. The second kappa shape index (κ2) is 10.1. The Labute approximate surface area is 201 Å². The van der Waals surface area contributed by atoms with Gasteiger partial charge in [0.2, 0.25) is 0 Å². The summed E-state index contributed by atoms with van der Waals surface area (Å²) in [6, 6.07) is 13.5. The van der Waals surface area contributed by atoms with Crippen LogP contribution in [-0.2, 0) is 0 Å². The number of halogens is 2. The summed E-state index contributed by atoms with van der Waals surface area (Å²) < 4.78 is 10.8. The number of fused-ring (bicyclic) bond motifs is 2. The average molecular weight is 491 g/mol. The molecular formula is C23H24Cl2N4O2S. The monoisotopic (exact) mass is 490 g/mol. The molecule has 0 radical (unpaired) electrons. The molecule has 1 saturated heterocycles. The van der Waals surface area contributed by atoms with Crippen molar-refractivity contribution in [2.24, 2.45) is 5.92 Å². The van der Waals surface area contributed by atoms with E-state index in [9.17, 15) is 4.79 Å². The molecule has 1 amide bonds. The molecular weight excluding hydrogens is 467 g/mol. The second-order valence-corrected chi connectivity index (χ2v) is 9.24. The maximum Gasteiger partial charge on any atom is 0.271 e. The second-order valence-electron chi connectivity index (χ2n) is 8.00. The first-order chi connectivity index (χ1) is 15.2. The number of carbonyl (C=O) groups excluding carboxylic acids is 1. The van der Waals surface area contributed by atoms with Gasteiger partial charge in [0.25, 0.3) is 5.91 Å². The van der Waals surface area contributed by atoms with Gasteiger partial charge in [0.05, 0.1) is 10.1 Å². The van der Waals surface area contributed by atoms with Crippen LogP contribution < -0.4 is 10.2 Å². The van der Waals surface area contributed by atoms with E-state index in [2.05, 4.69) is 19.7 Å². The largest absolute Gasteiger partial charge is 0.354 e. The fraction of sp³-hybridized carbons (Fsp3) is 0.348. The lowest BCUT2D eigenvalue weighted by molar-refractivity contribution is 0.0950. The van der Waals surface area contributed by atoms with E-state index in [1.165, 1.54) is 11.5 Å². The van der Waals surface area contributed by atoms with Crippen molar-refractivity contribution in [2.45, 2.75) is 25.7 Å². The third-order valence-corrected chi connectivity index (χ3v) is 7.06. The molecule has 1 N–H and O–H groups in total. The van der Waals surface area contributed by atoms with Crippen LogP contribution in [0.4, 0.5) is 5.82 Å². The highest BCUT2D eigenvalue weighted by atomic mass is 35.5. The summed E-state index contributed by atoms with van der Waals surface area (Å²) in [5.41, 5.74) is 1.27. The predicted octanol–water partition coefficient (Wildman–Crippen LogP) is 5.94. The van der Waals surface area contributed by atoms with Gasteiger partial charge in [-0.15, -0.1) is 12.4 Å². The number of nitrogens with one attached hydrogen (secondary N) is 1. The molecule has 1 aliphatic rings. The van der Waals surface area contributed by atoms with Crippen molar-refractivity contribution < 1.29 is 9.32 Å². The van der Waals surface area contributed by atoms with E-state index in [1.54, 1.807) is 0 Å². The molecule has 1 aliphatic heterocycles. The third-order valence-electron chi connectivity index (χ3n) is 6.00. The van der Waals surface area contributed by atoms with Crippen molar-refractivity contribution in [1.82, 2.24) is 14.8 Å². The fourth-order valence-electron chi connectivity index (χ4n) is 4.29. The van der Waals surface area contributed by atoms with Crippen molar-refractivity contribution in [3.05, 3.63) is 53.2 Å². The molecule has 0 spiro atoms. The number of nitrogens with zero attached hydrogens (tertiary/aromatic N) is 3. The molecule has 0 bridgehead atoms. The fourth-order valence-corrected chi connectivity index (χ4v) is 5.22. The summed E-state index contributed by atoms with van der Waals surface area (Å²) in [6.07, 6.45) is 4.32. The Morgan fingerprint density at radius 1 is 1.19 bits per heavy atom. The zero-order chi connectivity index (χ0) is 21.2. The highest BCUT2D eigenvalue weighted by Gasteiger charge is 2.23. The van der Waals surface area contributed by atoms with Crippen LogP contribution in [0.5, 0.6) is 0 Å². The number of aromatic nitrogens is 2. The Bertz CT molecular complexity index is 1220. The summed E-state index contributed by atoms with van der Waals surface area (Å²) in [4.78, 5) is 14.8. The predicted molar refractivity (Wildman–Crippen MR) is 132 cm³/mol. The van der Waals surface area contributed by atoms with E-state index >= 15 is 0 Å². The van der Waals surface area contributed by atoms with Gasteiger partial charge in [-0.05, 0) is 61.3 Å². The van der Waals surface area contributed by atoms with E-state index < -0.39 is 0 Å². The molecule has 9 heteroatoms. The number of piperidine rings is 1. The lowest BCUT2D eigenvalue weighted by atomic mass is 9.92. The zero-order valence-electron chi connectivity index (χ0n) is 17.4. The first-order valence-corrected chi connectivity index (χ1v) is 11.8. The van der Waals surface area contributed by atoms with Crippen molar-refractivity contribution in [2.75, 3.05) is 24.5 Å². The van der Waals surface area contributed by atoms with Gasteiger partial charge in [-0.1, -0.05) is 35.0 Å². The van der Waals surface area contributed by atoms with Crippen LogP contribution >= 0.6 is 35.5 Å². The number of hydrogen-bond acceptors (Lipinski definition) is 6. The molecule has 168 valence electrons. The van der Waals surface area contributed by atoms with Crippen molar-refractivity contribution in [3.8, 4) is 0 Å². The van der Waals surface area contributed by atoms with Crippen LogP contribution in [-0.4, -0.2) is 35.1 Å². The third kappa shape index (κ3) is 4.70. The number of hydrogen-bond donors (Lipinski definition) is 1. The Kier molecular flexibility index (Phi) is 7.18. The first-order valence-electron chi connectivity index (χ1n) is 10.6. The molecule has 2 aromatic heterocycles. The minimum absolute atomic E-state index is 0. The number of carbonyl (C=O) groups is 1. The molecule has 3 heterocycles. The van der Waals surface area contributed by atoms with Crippen LogP contribution in [0.15, 0.2) is 47.0 Å². The van der Waals surface area contributed by atoms with Crippen LogP contribution in [0, 0.1) is 5.92 Å². The summed E-state index contributed by atoms with van der Waals surface area (Å²) in [7, 11) is 0. The van der Waals surface area contributed by atoms with E-state index in [4.69, 9.17) is 16.1 Å². The van der Waals surface area contributed by atoms with Gasteiger partial charge in [0, 0.05) is 36.1 Å². The van der Waals surface area contributed by atoms with Crippen LogP contribution in [0.2, 0.25) is 5.02 Å². The van der Waals surface area contributed by atoms with E-state index in [-0.39, 0.29) is 18.3 Å². The minimum atomic E-state index is -0.0784. The van der Waals surface area contributed by atoms with Gasteiger partial charge in [0.1, 0.15) is 5.69 Å². The van der Waals surface area contributed by atoms with Gasteiger partial charge in [-0.2, -0.15) is 4.37 Å². The molecule has 32 heavy (non-hydrogen) atoms.